The molecule has 4 aromatic rings. The Kier molecular flexibility index (Phi) is 7.23. The number of nitrogens with zero attached hydrogens (tertiary/aromatic N) is 5. The molecule has 3 N–H and O–H groups in total. The molecule has 224 valence electrons. The number of carbonyl (C=O) groups excluding carboxylic acids is 1. The third-order valence-corrected chi connectivity index (χ3v) is 9.58. The van der Waals surface area contributed by atoms with Crippen molar-refractivity contribution in [1.29, 1.82) is 0 Å². The minimum Gasteiger partial charge on any atom is -0.508 e. The molecule has 0 spiro atoms. The Morgan fingerprint density at radius 2 is 1.88 bits per heavy atom. The molecule has 3 aliphatic heterocycles. The highest BCUT2D eigenvalue weighted by Crippen LogP contribution is 2.43. The van der Waals surface area contributed by atoms with Gasteiger partial charge in [0, 0.05) is 42.2 Å². The van der Waals surface area contributed by atoms with Crippen molar-refractivity contribution in [3.8, 4) is 22.9 Å². The number of hydrogen-bond acceptors (Lipinski definition) is 8. The smallest absolute Gasteiger partial charge is 0.319 e. The van der Waals surface area contributed by atoms with Gasteiger partial charge in [-0.1, -0.05) is 35.9 Å². The molecule has 1 aromatic heterocycles. The number of piperazine rings is 1. The monoisotopic (exact) mass is 604 g/mol. The van der Waals surface area contributed by atoms with Crippen molar-refractivity contribution in [2.45, 2.75) is 43.8 Å². The molecule has 3 saturated heterocycles. The molecule has 2 bridgehead atoms. The predicted molar refractivity (Wildman–Crippen MR) is 165 cm³/mol. The largest absolute Gasteiger partial charge is 0.508 e. The number of halogens is 2. The summed E-state index contributed by atoms with van der Waals surface area (Å²) >= 11 is 6.86. The Hall–Kier alpha value is -3.73. The van der Waals surface area contributed by atoms with Crippen LogP contribution in [0.5, 0.6) is 11.8 Å². The molecule has 0 radical (unpaired) electrons. The van der Waals surface area contributed by atoms with E-state index in [-0.39, 0.29) is 58.4 Å². The van der Waals surface area contributed by atoms with Crippen LogP contribution in [-0.4, -0.2) is 88.7 Å². The van der Waals surface area contributed by atoms with Crippen LogP contribution < -0.4 is 15.4 Å². The lowest BCUT2D eigenvalue weighted by Crippen LogP contribution is -2.57. The van der Waals surface area contributed by atoms with Gasteiger partial charge in [-0.05, 0) is 73.8 Å². The molecular weight excluding hydrogens is 571 g/mol. The molecule has 3 atom stereocenters. The van der Waals surface area contributed by atoms with Gasteiger partial charge in [-0.25, -0.2) is 4.39 Å². The number of phenolic OH excluding ortho intramolecular Hbond substituents is 1. The fourth-order valence-corrected chi connectivity index (χ4v) is 7.46. The molecule has 3 aromatic carbocycles. The zero-order chi connectivity index (χ0) is 29.8. The number of ether oxygens (including phenoxy) is 1. The van der Waals surface area contributed by atoms with Gasteiger partial charge in [-0.2, -0.15) is 9.97 Å². The van der Waals surface area contributed by atoms with Crippen molar-refractivity contribution in [3.63, 3.8) is 0 Å². The number of benzene rings is 3. The van der Waals surface area contributed by atoms with Gasteiger partial charge in [0.1, 0.15) is 23.7 Å². The Morgan fingerprint density at radius 3 is 2.60 bits per heavy atom. The quantitative estimate of drug-likeness (QED) is 0.330. The zero-order valence-corrected chi connectivity index (χ0v) is 24.7. The second-order valence-electron chi connectivity index (χ2n) is 11.9. The molecule has 11 heteroatoms. The van der Waals surface area contributed by atoms with Crippen molar-refractivity contribution in [1.82, 2.24) is 19.8 Å². The Bertz CT molecular complexity index is 1720. The van der Waals surface area contributed by atoms with Gasteiger partial charge in [-0.15, -0.1) is 0 Å². The molecule has 43 heavy (non-hydrogen) atoms. The van der Waals surface area contributed by atoms with E-state index >= 15 is 4.39 Å². The minimum absolute atomic E-state index is 0.00503. The first-order valence-corrected chi connectivity index (χ1v) is 15.2. The van der Waals surface area contributed by atoms with E-state index in [1.54, 1.807) is 12.1 Å². The first-order chi connectivity index (χ1) is 20.8. The van der Waals surface area contributed by atoms with Crippen LogP contribution >= 0.6 is 11.6 Å². The predicted octanol–water partition coefficient (Wildman–Crippen LogP) is 4.56. The van der Waals surface area contributed by atoms with Gasteiger partial charge in [-0.3, -0.25) is 4.79 Å². The summed E-state index contributed by atoms with van der Waals surface area (Å²) < 4.78 is 22.9. The van der Waals surface area contributed by atoms with E-state index in [1.165, 1.54) is 6.07 Å². The number of likely N-dealkylation sites (N-methyl/N-ethyl adjacent to an activating group) is 1. The maximum Gasteiger partial charge on any atom is 0.319 e. The number of fused-ring (bicyclic) bond motifs is 4. The normalized spacial score (nSPS) is 22.2. The lowest BCUT2D eigenvalue weighted by molar-refractivity contribution is -0.133. The average Bonchev–Trinajstić information content (AvgIpc) is 3.53. The highest BCUT2D eigenvalue weighted by Gasteiger charge is 2.43. The third kappa shape index (κ3) is 4.91. The lowest BCUT2D eigenvalue weighted by Gasteiger charge is -2.41. The van der Waals surface area contributed by atoms with E-state index in [0.29, 0.717) is 36.5 Å². The number of amides is 1. The van der Waals surface area contributed by atoms with Crippen molar-refractivity contribution < 1.29 is 19.0 Å². The van der Waals surface area contributed by atoms with Crippen LogP contribution in [0.25, 0.3) is 32.8 Å². The molecular formula is C32H34ClFN6O3. The van der Waals surface area contributed by atoms with E-state index in [1.807, 2.05) is 29.2 Å². The average molecular weight is 605 g/mol. The standard InChI is InChI=1S/C32H34ClFN6O3/c1-38-10-4-6-21(38)17-43-32-36-30-25(31(37-32)39-15-19-8-9-20(16-39)40(19)27(42)14-35)13-26(33)28(29(30)34)24-12-22(41)11-18-5-2-3-7-23(18)24/h2-3,5,7,11-13,19-21,41H,4,6,8-10,14-17,35H2,1H3/t19?,20?,21-/m0/s1. The van der Waals surface area contributed by atoms with E-state index in [2.05, 4.69) is 21.8 Å². The maximum atomic E-state index is 16.8. The fourth-order valence-electron chi connectivity index (χ4n) is 7.16. The van der Waals surface area contributed by atoms with Gasteiger partial charge in [0.05, 0.1) is 11.6 Å². The number of aromatic hydroxyl groups is 1. The van der Waals surface area contributed by atoms with Gasteiger partial charge < -0.3 is 30.3 Å². The van der Waals surface area contributed by atoms with Crippen molar-refractivity contribution in [3.05, 3.63) is 53.3 Å². The second-order valence-corrected chi connectivity index (χ2v) is 12.3. The summed E-state index contributed by atoms with van der Waals surface area (Å²) in [6.07, 6.45) is 3.85. The first-order valence-electron chi connectivity index (χ1n) is 14.8. The molecule has 9 nitrogen and oxygen atoms in total. The van der Waals surface area contributed by atoms with Gasteiger partial charge in [0.15, 0.2) is 5.82 Å². The van der Waals surface area contributed by atoms with Crippen LogP contribution in [-0.2, 0) is 4.79 Å². The van der Waals surface area contributed by atoms with Gasteiger partial charge in [0.2, 0.25) is 5.91 Å². The van der Waals surface area contributed by atoms with Crippen LogP contribution in [0, 0.1) is 5.82 Å². The van der Waals surface area contributed by atoms with Crippen LogP contribution in [0.15, 0.2) is 42.5 Å². The SMILES string of the molecule is CN1CCC[C@H]1COc1nc(N2CC3CCC(C2)N3C(=O)CN)c2cc(Cl)c(-c3cc(O)cc4ccccc34)c(F)c2n1. The fraction of sp³-hybridized carbons (Fsp3) is 0.406. The number of hydrogen-bond donors (Lipinski definition) is 2. The van der Waals surface area contributed by atoms with Gasteiger partial charge in [0.25, 0.3) is 0 Å². The number of likely N-dealkylation sites (tertiary alicyclic amines) is 1. The number of anilines is 1. The minimum atomic E-state index is -0.607. The molecule has 0 saturated carbocycles. The van der Waals surface area contributed by atoms with Crippen LogP contribution in [0.2, 0.25) is 5.02 Å². The van der Waals surface area contributed by atoms with Crippen LogP contribution in [0.4, 0.5) is 10.2 Å². The van der Waals surface area contributed by atoms with Crippen molar-refractivity contribution in [2.24, 2.45) is 5.73 Å². The summed E-state index contributed by atoms with van der Waals surface area (Å²) in [7, 11) is 2.07. The number of carbonyl (C=O) groups is 1. The number of phenols is 1. The topological polar surface area (TPSA) is 108 Å². The van der Waals surface area contributed by atoms with Crippen molar-refractivity contribution in [2.75, 3.05) is 44.7 Å². The van der Waals surface area contributed by atoms with Crippen molar-refractivity contribution >= 4 is 45.0 Å². The molecule has 1 amide bonds. The summed E-state index contributed by atoms with van der Waals surface area (Å²) in [5.41, 5.74) is 6.44. The van der Waals surface area contributed by atoms with Gasteiger partial charge >= 0.3 is 6.01 Å². The molecule has 3 fully saturated rings. The summed E-state index contributed by atoms with van der Waals surface area (Å²) in [6.45, 7) is 2.45. The summed E-state index contributed by atoms with van der Waals surface area (Å²) in [5.74, 6) is -0.117. The second kappa shape index (κ2) is 11.1. The number of rotatable bonds is 6. The zero-order valence-electron chi connectivity index (χ0n) is 24.0. The lowest BCUT2D eigenvalue weighted by atomic mass is 9.96. The van der Waals surface area contributed by atoms with Crippen LogP contribution in [0.1, 0.15) is 25.7 Å². The Labute approximate surface area is 254 Å². The van der Waals surface area contributed by atoms with E-state index in [9.17, 15) is 9.90 Å². The summed E-state index contributed by atoms with van der Waals surface area (Å²) in [4.78, 5) is 28.3. The molecule has 3 aliphatic rings. The van der Waals surface area contributed by atoms with Crippen LogP contribution in [0.3, 0.4) is 0 Å². The summed E-state index contributed by atoms with van der Waals surface area (Å²) in [6, 6.07) is 12.7. The summed E-state index contributed by atoms with van der Waals surface area (Å²) in [5, 5.41) is 12.7. The highest BCUT2D eigenvalue weighted by atomic mass is 35.5. The highest BCUT2D eigenvalue weighted by molar-refractivity contribution is 6.35. The first kappa shape index (κ1) is 28.1. The molecule has 4 heterocycles. The van der Waals surface area contributed by atoms with E-state index < -0.39 is 5.82 Å². The Morgan fingerprint density at radius 1 is 1.12 bits per heavy atom. The maximum absolute atomic E-state index is 16.8. The Balaban J connectivity index is 1.36. The molecule has 2 unspecified atom stereocenters. The third-order valence-electron chi connectivity index (χ3n) is 9.28. The number of nitrogens with two attached hydrogens (primary N) is 1. The van der Waals surface area contributed by atoms with E-state index in [4.69, 9.17) is 27.1 Å². The molecule has 7 rings (SSSR count). The molecule has 0 aliphatic carbocycles. The number of aromatic nitrogens is 2. The van der Waals surface area contributed by atoms with E-state index in [0.717, 1.165) is 43.0 Å².